The van der Waals surface area contributed by atoms with Crippen LogP contribution in [0.4, 0.5) is 0 Å². The molecule has 0 saturated carbocycles. The van der Waals surface area contributed by atoms with E-state index in [-0.39, 0.29) is 5.78 Å². The van der Waals surface area contributed by atoms with E-state index in [2.05, 4.69) is 6.92 Å². The maximum absolute atomic E-state index is 12.5. The molecule has 0 spiro atoms. The fourth-order valence-electron chi connectivity index (χ4n) is 2.60. The summed E-state index contributed by atoms with van der Waals surface area (Å²) in [7, 11) is 0. The Bertz CT molecular complexity index is 439. The summed E-state index contributed by atoms with van der Waals surface area (Å²) in [5, 5.41) is 9.63. The van der Waals surface area contributed by atoms with Gasteiger partial charge in [-0.05, 0) is 18.4 Å². The van der Waals surface area contributed by atoms with E-state index < -0.39 is 11.4 Å². The molecule has 110 valence electrons. The van der Waals surface area contributed by atoms with E-state index >= 15 is 0 Å². The van der Waals surface area contributed by atoms with Crippen molar-refractivity contribution >= 4 is 11.8 Å². The first kappa shape index (κ1) is 16.4. The maximum atomic E-state index is 12.5. The van der Waals surface area contributed by atoms with Crippen molar-refractivity contribution in [3.05, 3.63) is 35.9 Å². The Morgan fingerprint density at radius 2 is 1.70 bits per heavy atom. The van der Waals surface area contributed by atoms with Crippen LogP contribution < -0.4 is 0 Å². The Morgan fingerprint density at radius 3 is 2.20 bits per heavy atom. The fourth-order valence-corrected chi connectivity index (χ4v) is 2.60. The molecule has 1 unspecified atom stereocenters. The van der Waals surface area contributed by atoms with Gasteiger partial charge in [-0.2, -0.15) is 0 Å². The highest BCUT2D eigenvalue weighted by Gasteiger charge is 2.45. The molecule has 3 nitrogen and oxygen atoms in total. The van der Waals surface area contributed by atoms with E-state index in [4.69, 9.17) is 0 Å². The lowest BCUT2D eigenvalue weighted by Crippen LogP contribution is -2.43. The first-order chi connectivity index (χ1) is 9.59. The maximum Gasteiger partial charge on any atom is 0.321 e. The highest BCUT2D eigenvalue weighted by molar-refractivity contribution is 6.08. The molecule has 1 rings (SSSR count). The van der Waals surface area contributed by atoms with Crippen LogP contribution in [-0.2, 0) is 15.0 Å². The van der Waals surface area contributed by atoms with Gasteiger partial charge in [0.05, 0.1) is 0 Å². The summed E-state index contributed by atoms with van der Waals surface area (Å²) in [6.07, 6.45) is 4.58. The number of carbonyl (C=O) groups is 2. The summed E-state index contributed by atoms with van der Waals surface area (Å²) in [5.41, 5.74) is -0.788. The normalized spacial score (nSPS) is 13.7. The molecule has 0 heterocycles. The van der Waals surface area contributed by atoms with Crippen molar-refractivity contribution in [3.8, 4) is 0 Å². The quantitative estimate of drug-likeness (QED) is 0.548. The molecule has 3 heteroatoms. The van der Waals surface area contributed by atoms with Crippen LogP contribution in [0.5, 0.6) is 0 Å². The number of carboxylic acids is 1. The van der Waals surface area contributed by atoms with Gasteiger partial charge in [0, 0.05) is 6.42 Å². The van der Waals surface area contributed by atoms with E-state index in [0.29, 0.717) is 18.4 Å². The average molecular weight is 276 g/mol. The Morgan fingerprint density at radius 1 is 1.05 bits per heavy atom. The molecule has 0 bridgehead atoms. The molecule has 1 atom stereocenters. The molecule has 0 saturated heterocycles. The number of Topliss-reactive ketones (excluding diaryl/α,β-unsaturated/α-hetero) is 1. The topological polar surface area (TPSA) is 54.4 Å². The molecular weight excluding hydrogens is 252 g/mol. The van der Waals surface area contributed by atoms with E-state index in [1.54, 1.807) is 31.2 Å². The zero-order chi connectivity index (χ0) is 15.0. The first-order valence-corrected chi connectivity index (χ1v) is 7.41. The predicted molar refractivity (Wildman–Crippen MR) is 79.8 cm³/mol. The number of carbonyl (C=O) groups excluding carboxylic acids is 1. The molecule has 1 aromatic rings. The molecule has 0 aliphatic rings. The van der Waals surface area contributed by atoms with Gasteiger partial charge in [0.2, 0.25) is 0 Å². The van der Waals surface area contributed by atoms with Crippen molar-refractivity contribution in [1.29, 1.82) is 0 Å². The molecule has 0 fully saturated rings. The van der Waals surface area contributed by atoms with E-state index in [1.165, 1.54) is 0 Å². The summed E-state index contributed by atoms with van der Waals surface area (Å²) < 4.78 is 0. The van der Waals surface area contributed by atoms with Crippen molar-refractivity contribution < 1.29 is 14.7 Å². The van der Waals surface area contributed by atoms with Crippen LogP contribution in [0.2, 0.25) is 0 Å². The van der Waals surface area contributed by atoms with Gasteiger partial charge in [0.15, 0.2) is 11.2 Å². The van der Waals surface area contributed by atoms with Crippen molar-refractivity contribution in [2.24, 2.45) is 0 Å². The molecule has 20 heavy (non-hydrogen) atoms. The van der Waals surface area contributed by atoms with Gasteiger partial charge < -0.3 is 5.11 Å². The minimum atomic E-state index is -1.38. The minimum absolute atomic E-state index is 0.171. The zero-order valence-electron chi connectivity index (χ0n) is 12.4. The van der Waals surface area contributed by atoms with Gasteiger partial charge in [0.25, 0.3) is 0 Å². The first-order valence-electron chi connectivity index (χ1n) is 7.41. The summed E-state index contributed by atoms with van der Waals surface area (Å²) >= 11 is 0. The van der Waals surface area contributed by atoms with Gasteiger partial charge in [-0.25, -0.2) is 0 Å². The monoisotopic (exact) mass is 276 g/mol. The second-order valence-electron chi connectivity index (χ2n) is 5.16. The number of benzene rings is 1. The number of aliphatic carboxylic acids is 1. The standard InChI is InChI=1S/C17H24O3/c1-3-5-6-10-13-15(18)17(4-2,16(19)20)14-11-8-7-9-12-14/h7-9,11-12H,3-6,10,13H2,1-2H3,(H,19,20). The van der Waals surface area contributed by atoms with Crippen molar-refractivity contribution in [3.63, 3.8) is 0 Å². The summed E-state index contributed by atoms with van der Waals surface area (Å²) in [6.45, 7) is 3.88. The second-order valence-corrected chi connectivity index (χ2v) is 5.16. The number of unbranched alkanes of at least 4 members (excludes halogenated alkanes) is 3. The number of hydrogen-bond acceptors (Lipinski definition) is 2. The number of rotatable bonds is 9. The van der Waals surface area contributed by atoms with Gasteiger partial charge in [0.1, 0.15) is 0 Å². The molecule has 0 aliphatic carbocycles. The number of carboxylic acid groups (broad SMARTS) is 1. The van der Waals surface area contributed by atoms with Crippen LogP contribution >= 0.6 is 0 Å². The fraction of sp³-hybridized carbons (Fsp3) is 0.529. The van der Waals surface area contributed by atoms with Crippen LogP contribution in [0, 0.1) is 0 Å². The van der Waals surface area contributed by atoms with Crippen molar-refractivity contribution in [1.82, 2.24) is 0 Å². The zero-order valence-corrected chi connectivity index (χ0v) is 12.4. The van der Waals surface area contributed by atoms with Crippen LogP contribution in [0.25, 0.3) is 0 Å². The van der Waals surface area contributed by atoms with Crippen LogP contribution in [0.15, 0.2) is 30.3 Å². The van der Waals surface area contributed by atoms with Crippen molar-refractivity contribution in [2.75, 3.05) is 0 Å². The summed E-state index contributed by atoms with van der Waals surface area (Å²) in [4.78, 5) is 24.3. The molecule has 1 aromatic carbocycles. The Balaban J connectivity index is 2.95. The molecule has 0 amide bonds. The third-order valence-electron chi connectivity index (χ3n) is 3.90. The SMILES string of the molecule is CCCCCCC(=O)C(CC)(C(=O)O)c1ccccc1. The summed E-state index contributed by atoms with van der Waals surface area (Å²) in [6, 6.07) is 8.88. The van der Waals surface area contributed by atoms with Gasteiger partial charge in [-0.3, -0.25) is 9.59 Å². The highest BCUT2D eigenvalue weighted by atomic mass is 16.4. The third kappa shape index (κ3) is 3.47. The lowest BCUT2D eigenvalue weighted by atomic mass is 9.73. The molecule has 1 N–H and O–H groups in total. The lowest BCUT2D eigenvalue weighted by Gasteiger charge is -2.27. The molecule has 0 aromatic heterocycles. The van der Waals surface area contributed by atoms with Crippen LogP contribution in [0.3, 0.4) is 0 Å². The second kappa shape index (κ2) is 7.83. The number of hydrogen-bond donors (Lipinski definition) is 1. The van der Waals surface area contributed by atoms with E-state index in [9.17, 15) is 14.7 Å². The third-order valence-corrected chi connectivity index (χ3v) is 3.90. The Hall–Kier alpha value is -1.64. The molecular formula is C17H24O3. The molecule has 0 radical (unpaired) electrons. The van der Waals surface area contributed by atoms with Gasteiger partial charge >= 0.3 is 5.97 Å². The van der Waals surface area contributed by atoms with Crippen molar-refractivity contribution in [2.45, 2.75) is 57.8 Å². The Labute approximate surface area is 121 Å². The largest absolute Gasteiger partial charge is 0.480 e. The van der Waals surface area contributed by atoms with Gasteiger partial charge in [-0.15, -0.1) is 0 Å². The summed E-state index contributed by atoms with van der Waals surface area (Å²) in [5.74, 6) is -1.21. The molecule has 0 aliphatic heterocycles. The van der Waals surface area contributed by atoms with Crippen LogP contribution in [0.1, 0.15) is 57.9 Å². The Kier molecular flexibility index (Phi) is 6.43. The minimum Gasteiger partial charge on any atom is -0.480 e. The predicted octanol–water partition coefficient (Wildman–Crippen LogP) is 3.96. The smallest absolute Gasteiger partial charge is 0.321 e. The van der Waals surface area contributed by atoms with Gasteiger partial charge in [-0.1, -0.05) is 63.4 Å². The van der Waals surface area contributed by atoms with Crippen LogP contribution in [-0.4, -0.2) is 16.9 Å². The van der Waals surface area contributed by atoms with E-state index in [0.717, 1.165) is 25.7 Å². The van der Waals surface area contributed by atoms with E-state index in [1.807, 2.05) is 6.07 Å². The average Bonchev–Trinajstić information content (AvgIpc) is 2.46. The lowest BCUT2D eigenvalue weighted by molar-refractivity contribution is -0.149. The number of ketones is 1. The highest BCUT2D eigenvalue weighted by Crippen LogP contribution is 2.31.